The van der Waals surface area contributed by atoms with Crippen molar-refractivity contribution in [3.8, 4) is 6.07 Å². The highest BCUT2D eigenvalue weighted by Crippen LogP contribution is 2.27. The second kappa shape index (κ2) is 4.18. The van der Waals surface area contributed by atoms with Gasteiger partial charge in [-0.2, -0.15) is 5.26 Å². The smallest absolute Gasteiger partial charge is 0.125 e. The lowest BCUT2D eigenvalue weighted by atomic mass is 10.0. The summed E-state index contributed by atoms with van der Waals surface area (Å²) in [6.45, 7) is 8.29. The molecular formula is C12H16N4. The second-order valence-corrected chi connectivity index (χ2v) is 4.54. The molecule has 0 atom stereocenters. The Kier molecular flexibility index (Phi) is 2.88. The van der Waals surface area contributed by atoms with Crippen LogP contribution >= 0.6 is 0 Å². The number of rotatable bonds is 2. The maximum atomic E-state index is 8.71. The third-order valence-corrected chi connectivity index (χ3v) is 2.83. The molecule has 1 aliphatic rings. The van der Waals surface area contributed by atoms with Crippen molar-refractivity contribution in [1.29, 1.82) is 5.26 Å². The fraction of sp³-hybridized carbons (Fsp3) is 0.583. The fourth-order valence-electron chi connectivity index (χ4n) is 2.16. The maximum absolute atomic E-state index is 8.71. The van der Waals surface area contributed by atoms with E-state index < -0.39 is 0 Å². The number of aryl methyl sites for hydroxylation is 1. The van der Waals surface area contributed by atoms with Crippen molar-refractivity contribution >= 4 is 0 Å². The van der Waals surface area contributed by atoms with Crippen molar-refractivity contribution in [3.63, 3.8) is 0 Å². The standard InChI is InChI=1S/C12H16N4/c1-8(2)12-10-6-16(5-4-13)7-11(10)14-9(3)15-12/h8H,5-7H2,1-3H3. The highest BCUT2D eigenvalue weighted by Gasteiger charge is 2.25. The Hall–Kier alpha value is -1.47. The molecule has 84 valence electrons. The minimum atomic E-state index is 0.414. The third-order valence-electron chi connectivity index (χ3n) is 2.83. The monoisotopic (exact) mass is 216 g/mol. The number of nitrogens with zero attached hydrogens (tertiary/aromatic N) is 4. The summed E-state index contributed by atoms with van der Waals surface area (Å²) in [5.41, 5.74) is 3.48. The number of hydrogen-bond donors (Lipinski definition) is 0. The minimum absolute atomic E-state index is 0.414. The van der Waals surface area contributed by atoms with E-state index in [1.54, 1.807) is 0 Å². The molecule has 1 aromatic heterocycles. The molecule has 0 unspecified atom stereocenters. The Balaban J connectivity index is 2.37. The molecule has 0 saturated carbocycles. The molecule has 0 radical (unpaired) electrons. The summed E-state index contributed by atoms with van der Waals surface area (Å²) in [5, 5.41) is 8.71. The van der Waals surface area contributed by atoms with Gasteiger partial charge in [-0.3, -0.25) is 4.90 Å². The SMILES string of the molecule is Cc1nc2c(c(C(C)C)n1)CN(CC#N)C2. The molecule has 0 N–H and O–H groups in total. The number of aromatic nitrogens is 2. The van der Waals surface area contributed by atoms with Gasteiger partial charge in [-0.1, -0.05) is 13.8 Å². The van der Waals surface area contributed by atoms with Crippen molar-refractivity contribution < 1.29 is 0 Å². The lowest BCUT2D eigenvalue weighted by Gasteiger charge is -2.11. The van der Waals surface area contributed by atoms with E-state index in [1.807, 2.05) is 6.92 Å². The molecule has 1 aliphatic heterocycles. The van der Waals surface area contributed by atoms with Crippen molar-refractivity contribution in [3.05, 3.63) is 22.8 Å². The Morgan fingerprint density at radius 2 is 2.12 bits per heavy atom. The first-order valence-corrected chi connectivity index (χ1v) is 5.57. The lowest BCUT2D eigenvalue weighted by Crippen LogP contribution is -2.16. The molecule has 0 aromatic carbocycles. The fourth-order valence-corrected chi connectivity index (χ4v) is 2.16. The number of nitriles is 1. The maximum Gasteiger partial charge on any atom is 0.125 e. The minimum Gasteiger partial charge on any atom is -0.280 e. The van der Waals surface area contributed by atoms with Gasteiger partial charge in [-0.05, 0) is 12.8 Å². The predicted molar refractivity (Wildman–Crippen MR) is 60.6 cm³/mol. The van der Waals surface area contributed by atoms with Crippen LogP contribution in [0.2, 0.25) is 0 Å². The summed E-state index contributed by atoms with van der Waals surface area (Å²) in [6.07, 6.45) is 0. The van der Waals surface area contributed by atoms with E-state index in [0.29, 0.717) is 12.5 Å². The summed E-state index contributed by atoms with van der Waals surface area (Å²) >= 11 is 0. The first kappa shape index (κ1) is 11.0. The zero-order chi connectivity index (χ0) is 11.7. The molecule has 0 amide bonds. The first-order chi connectivity index (χ1) is 7.61. The molecule has 0 spiro atoms. The van der Waals surface area contributed by atoms with Crippen LogP contribution in [0.25, 0.3) is 0 Å². The number of fused-ring (bicyclic) bond motifs is 1. The number of hydrogen-bond acceptors (Lipinski definition) is 4. The van der Waals surface area contributed by atoms with Crippen LogP contribution in [0.5, 0.6) is 0 Å². The van der Waals surface area contributed by atoms with Crippen LogP contribution in [0.4, 0.5) is 0 Å². The second-order valence-electron chi connectivity index (χ2n) is 4.54. The van der Waals surface area contributed by atoms with Gasteiger partial charge in [0, 0.05) is 18.7 Å². The molecular weight excluding hydrogens is 200 g/mol. The highest BCUT2D eigenvalue weighted by molar-refractivity contribution is 5.31. The van der Waals surface area contributed by atoms with E-state index >= 15 is 0 Å². The molecule has 0 fully saturated rings. The van der Waals surface area contributed by atoms with Crippen molar-refractivity contribution in [1.82, 2.24) is 14.9 Å². The topological polar surface area (TPSA) is 52.8 Å². The van der Waals surface area contributed by atoms with E-state index in [9.17, 15) is 0 Å². The Morgan fingerprint density at radius 3 is 2.75 bits per heavy atom. The molecule has 2 rings (SSSR count). The van der Waals surface area contributed by atoms with Crippen molar-refractivity contribution in [2.24, 2.45) is 0 Å². The highest BCUT2D eigenvalue weighted by atomic mass is 15.2. The van der Waals surface area contributed by atoms with Gasteiger partial charge in [0.1, 0.15) is 5.82 Å². The molecule has 4 nitrogen and oxygen atoms in total. The van der Waals surface area contributed by atoms with E-state index in [0.717, 1.165) is 30.3 Å². The Labute approximate surface area is 95.9 Å². The molecule has 0 saturated heterocycles. The Morgan fingerprint density at radius 1 is 1.38 bits per heavy atom. The lowest BCUT2D eigenvalue weighted by molar-refractivity contribution is 0.318. The van der Waals surface area contributed by atoms with Crippen LogP contribution < -0.4 is 0 Å². The van der Waals surface area contributed by atoms with E-state index in [1.165, 1.54) is 5.56 Å². The van der Waals surface area contributed by atoms with Crippen LogP contribution in [0, 0.1) is 18.3 Å². The summed E-state index contributed by atoms with van der Waals surface area (Å²) in [4.78, 5) is 11.1. The molecule has 4 heteroatoms. The van der Waals surface area contributed by atoms with Crippen LogP contribution in [0.15, 0.2) is 0 Å². The average molecular weight is 216 g/mol. The van der Waals surface area contributed by atoms with Gasteiger partial charge in [0.25, 0.3) is 0 Å². The molecule has 0 bridgehead atoms. The van der Waals surface area contributed by atoms with Crippen molar-refractivity contribution in [2.45, 2.75) is 39.8 Å². The van der Waals surface area contributed by atoms with Crippen molar-refractivity contribution in [2.75, 3.05) is 6.54 Å². The van der Waals surface area contributed by atoms with Gasteiger partial charge in [-0.15, -0.1) is 0 Å². The first-order valence-electron chi connectivity index (χ1n) is 5.57. The van der Waals surface area contributed by atoms with Gasteiger partial charge in [0.2, 0.25) is 0 Å². The van der Waals surface area contributed by atoms with Gasteiger partial charge < -0.3 is 0 Å². The van der Waals surface area contributed by atoms with E-state index in [2.05, 4.69) is 34.8 Å². The van der Waals surface area contributed by atoms with E-state index in [4.69, 9.17) is 5.26 Å². The van der Waals surface area contributed by atoms with Gasteiger partial charge in [0.05, 0.1) is 24.0 Å². The summed E-state index contributed by atoms with van der Waals surface area (Å²) in [5.74, 6) is 1.25. The zero-order valence-electron chi connectivity index (χ0n) is 9.99. The summed E-state index contributed by atoms with van der Waals surface area (Å²) in [7, 11) is 0. The summed E-state index contributed by atoms with van der Waals surface area (Å²) < 4.78 is 0. The Bertz CT molecular complexity index is 445. The van der Waals surface area contributed by atoms with Gasteiger partial charge in [0.15, 0.2) is 0 Å². The molecule has 0 aliphatic carbocycles. The quantitative estimate of drug-likeness (QED) is 0.707. The summed E-state index contributed by atoms with van der Waals surface area (Å²) in [6, 6.07) is 2.19. The largest absolute Gasteiger partial charge is 0.280 e. The van der Waals surface area contributed by atoms with Crippen LogP contribution in [0.3, 0.4) is 0 Å². The third kappa shape index (κ3) is 1.91. The molecule has 2 heterocycles. The predicted octanol–water partition coefficient (Wildman–Crippen LogP) is 1.75. The van der Waals surface area contributed by atoms with Crippen LogP contribution in [0.1, 0.15) is 42.5 Å². The molecule has 1 aromatic rings. The van der Waals surface area contributed by atoms with E-state index in [-0.39, 0.29) is 0 Å². The van der Waals surface area contributed by atoms with Crippen LogP contribution in [-0.2, 0) is 13.1 Å². The average Bonchev–Trinajstić information content (AvgIpc) is 2.59. The molecule has 16 heavy (non-hydrogen) atoms. The normalized spacial score (nSPS) is 15.2. The van der Waals surface area contributed by atoms with Gasteiger partial charge in [-0.25, -0.2) is 9.97 Å². The van der Waals surface area contributed by atoms with Crippen LogP contribution in [-0.4, -0.2) is 21.4 Å². The van der Waals surface area contributed by atoms with Gasteiger partial charge >= 0.3 is 0 Å². The zero-order valence-corrected chi connectivity index (χ0v) is 9.99.